The molecule has 0 aliphatic rings. The van der Waals surface area contributed by atoms with Crippen LogP contribution in [0.2, 0.25) is 5.02 Å². The van der Waals surface area contributed by atoms with E-state index in [2.05, 4.69) is 4.98 Å². The van der Waals surface area contributed by atoms with Crippen LogP contribution in [-0.4, -0.2) is 25.1 Å². The molecule has 0 saturated carbocycles. The second kappa shape index (κ2) is 6.24. The van der Waals surface area contributed by atoms with Crippen molar-refractivity contribution in [2.45, 2.75) is 45.4 Å². The fourth-order valence-electron chi connectivity index (χ4n) is 1.68. The van der Waals surface area contributed by atoms with Crippen molar-refractivity contribution in [2.75, 3.05) is 6.54 Å². The van der Waals surface area contributed by atoms with E-state index in [0.717, 1.165) is 5.69 Å². The molecule has 1 heterocycles. The van der Waals surface area contributed by atoms with E-state index in [0.29, 0.717) is 11.6 Å². The molecule has 1 aromatic rings. The first-order valence-corrected chi connectivity index (χ1v) is 7.56. The molecule has 0 amide bonds. The van der Waals surface area contributed by atoms with Gasteiger partial charge < -0.3 is 4.55 Å². The van der Waals surface area contributed by atoms with Crippen molar-refractivity contribution in [1.82, 2.24) is 9.29 Å². The maximum atomic E-state index is 12.5. The molecule has 0 saturated heterocycles. The Morgan fingerprint density at radius 1 is 1.50 bits per heavy atom. The van der Waals surface area contributed by atoms with Crippen LogP contribution in [0.15, 0.2) is 18.3 Å². The van der Waals surface area contributed by atoms with E-state index in [1.165, 1.54) is 0 Å². The number of aromatic nitrogens is 1. The maximum absolute atomic E-state index is 12.5. The first-order valence-electron chi connectivity index (χ1n) is 6.07. The van der Waals surface area contributed by atoms with Gasteiger partial charge in [0, 0.05) is 29.1 Å². The van der Waals surface area contributed by atoms with Crippen molar-refractivity contribution in [1.29, 1.82) is 0 Å². The Morgan fingerprint density at radius 2 is 2.11 bits per heavy atom. The molecule has 0 aliphatic heterocycles. The van der Waals surface area contributed by atoms with Gasteiger partial charge in [-0.3, -0.25) is 4.98 Å². The molecule has 2 unspecified atom stereocenters. The van der Waals surface area contributed by atoms with Crippen LogP contribution in [-0.2, 0) is 11.4 Å². The van der Waals surface area contributed by atoms with Crippen molar-refractivity contribution in [3.05, 3.63) is 29.0 Å². The van der Waals surface area contributed by atoms with E-state index < -0.39 is 11.4 Å². The molecule has 0 N–H and O–H groups in total. The SMILES string of the molecule is CCN(C(C)c1cc(Cl)ccn1)[S+]([O-])C(C)(C)C. The minimum atomic E-state index is -1.06. The summed E-state index contributed by atoms with van der Waals surface area (Å²) in [6.07, 6.45) is 1.68. The normalized spacial score (nSPS) is 15.8. The Bertz CT molecular complexity index is 395. The molecular formula is C13H21ClN2OS. The largest absolute Gasteiger partial charge is 0.597 e. The van der Waals surface area contributed by atoms with Crippen molar-refractivity contribution in [2.24, 2.45) is 0 Å². The Hall–Kier alpha value is -0.290. The van der Waals surface area contributed by atoms with Gasteiger partial charge >= 0.3 is 0 Å². The molecule has 0 bridgehead atoms. The molecule has 102 valence electrons. The minimum Gasteiger partial charge on any atom is -0.597 e. The number of hydrogen-bond acceptors (Lipinski definition) is 3. The fraction of sp³-hybridized carbons (Fsp3) is 0.615. The molecule has 0 spiro atoms. The zero-order chi connectivity index (χ0) is 13.9. The minimum absolute atomic E-state index is 0.0197. The molecule has 1 rings (SSSR count). The van der Waals surface area contributed by atoms with Crippen molar-refractivity contribution < 1.29 is 4.55 Å². The van der Waals surface area contributed by atoms with Crippen molar-refractivity contribution >= 4 is 23.0 Å². The monoisotopic (exact) mass is 288 g/mol. The van der Waals surface area contributed by atoms with E-state index in [4.69, 9.17) is 11.6 Å². The predicted octanol–water partition coefficient (Wildman–Crippen LogP) is 3.58. The third kappa shape index (κ3) is 3.85. The summed E-state index contributed by atoms with van der Waals surface area (Å²) < 4.78 is 14.1. The molecule has 0 radical (unpaired) electrons. The number of hydrogen-bond donors (Lipinski definition) is 0. The highest BCUT2D eigenvalue weighted by atomic mass is 35.5. The summed E-state index contributed by atoms with van der Waals surface area (Å²) in [6.45, 7) is 10.6. The lowest BCUT2D eigenvalue weighted by Gasteiger charge is -2.35. The molecule has 2 atom stereocenters. The van der Waals surface area contributed by atoms with Gasteiger partial charge in [-0.2, -0.15) is 0 Å². The van der Waals surface area contributed by atoms with Gasteiger partial charge in [0.25, 0.3) is 0 Å². The topological polar surface area (TPSA) is 39.2 Å². The first kappa shape index (κ1) is 15.8. The van der Waals surface area contributed by atoms with Gasteiger partial charge in [0.1, 0.15) is 4.75 Å². The first-order chi connectivity index (χ1) is 8.27. The van der Waals surface area contributed by atoms with Gasteiger partial charge in [-0.1, -0.05) is 11.6 Å². The second-order valence-corrected chi connectivity index (χ2v) is 7.80. The molecule has 0 fully saturated rings. The summed E-state index contributed by atoms with van der Waals surface area (Å²) in [5.74, 6) is 0. The van der Waals surface area contributed by atoms with Gasteiger partial charge in [0.15, 0.2) is 0 Å². The molecule has 1 aromatic heterocycles. The van der Waals surface area contributed by atoms with E-state index in [9.17, 15) is 4.55 Å². The average Bonchev–Trinajstić information content (AvgIpc) is 2.28. The zero-order valence-electron chi connectivity index (χ0n) is 11.6. The highest BCUT2D eigenvalue weighted by molar-refractivity contribution is 7.90. The summed E-state index contributed by atoms with van der Waals surface area (Å²) in [4.78, 5) is 4.31. The number of pyridine rings is 1. The Labute approximate surface area is 118 Å². The zero-order valence-corrected chi connectivity index (χ0v) is 13.2. The van der Waals surface area contributed by atoms with Crippen LogP contribution in [0.5, 0.6) is 0 Å². The van der Waals surface area contributed by atoms with Gasteiger partial charge in [-0.15, -0.1) is 4.31 Å². The number of halogens is 1. The third-order valence-electron chi connectivity index (χ3n) is 2.65. The maximum Gasteiger partial charge on any atom is 0.137 e. The lowest BCUT2D eigenvalue weighted by Crippen LogP contribution is -2.44. The summed E-state index contributed by atoms with van der Waals surface area (Å²) in [5.41, 5.74) is 0.849. The summed E-state index contributed by atoms with van der Waals surface area (Å²) in [5, 5.41) is 0.657. The number of rotatable bonds is 4. The fourth-order valence-corrected chi connectivity index (χ4v) is 3.19. The van der Waals surface area contributed by atoms with Crippen LogP contribution in [0.4, 0.5) is 0 Å². The van der Waals surface area contributed by atoms with E-state index in [1.54, 1.807) is 12.3 Å². The van der Waals surface area contributed by atoms with Crippen LogP contribution in [0.3, 0.4) is 0 Å². The quantitative estimate of drug-likeness (QED) is 0.795. The Morgan fingerprint density at radius 3 is 2.56 bits per heavy atom. The van der Waals surface area contributed by atoms with Gasteiger partial charge in [-0.25, -0.2) is 0 Å². The average molecular weight is 289 g/mol. The Balaban J connectivity index is 2.96. The standard InChI is InChI=1S/C13H21ClN2OS/c1-6-16(18(17)13(3,4)5)10(2)12-9-11(14)7-8-15-12/h7-10H,6H2,1-5H3. The smallest absolute Gasteiger partial charge is 0.137 e. The van der Waals surface area contributed by atoms with Gasteiger partial charge in [-0.05, 0) is 46.8 Å². The summed E-state index contributed by atoms with van der Waals surface area (Å²) >= 11 is 4.91. The Kier molecular flexibility index (Phi) is 5.46. The van der Waals surface area contributed by atoms with Crippen LogP contribution >= 0.6 is 11.6 Å². The van der Waals surface area contributed by atoms with Crippen LogP contribution < -0.4 is 0 Å². The highest BCUT2D eigenvalue weighted by Gasteiger charge is 2.36. The molecular weight excluding hydrogens is 268 g/mol. The molecule has 18 heavy (non-hydrogen) atoms. The highest BCUT2D eigenvalue weighted by Crippen LogP contribution is 2.29. The summed E-state index contributed by atoms with van der Waals surface area (Å²) in [6, 6.07) is 3.55. The van der Waals surface area contributed by atoms with Crippen LogP contribution in [0.25, 0.3) is 0 Å². The lowest BCUT2D eigenvalue weighted by molar-refractivity contribution is 0.339. The molecule has 3 nitrogen and oxygen atoms in total. The third-order valence-corrected chi connectivity index (χ3v) is 4.93. The predicted molar refractivity (Wildman–Crippen MR) is 77.9 cm³/mol. The van der Waals surface area contributed by atoms with Crippen molar-refractivity contribution in [3.8, 4) is 0 Å². The van der Waals surface area contributed by atoms with Gasteiger partial charge in [0.05, 0.1) is 11.7 Å². The number of nitrogens with zero attached hydrogens (tertiary/aromatic N) is 2. The molecule has 0 aliphatic carbocycles. The van der Waals surface area contributed by atoms with Crippen LogP contribution in [0, 0.1) is 0 Å². The van der Waals surface area contributed by atoms with Gasteiger partial charge in [0.2, 0.25) is 0 Å². The van der Waals surface area contributed by atoms with E-state index in [1.807, 2.05) is 45.0 Å². The van der Waals surface area contributed by atoms with Crippen molar-refractivity contribution in [3.63, 3.8) is 0 Å². The van der Waals surface area contributed by atoms with Crippen LogP contribution in [0.1, 0.15) is 46.4 Å². The second-order valence-electron chi connectivity index (χ2n) is 5.17. The lowest BCUT2D eigenvalue weighted by atomic mass is 10.2. The molecule has 0 aromatic carbocycles. The van der Waals surface area contributed by atoms with E-state index >= 15 is 0 Å². The molecule has 5 heteroatoms. The summed E-state index contributed by atoms with van der Waals surface area (Å²) in [7, 11) is 0. The van der Waals surface area contributed by atoms with E-state index in [-0.39, 0.29) is 10.8 Å².